The maximum atomic E-state index is 11.8. The first kappa shape index (κ1) is 12.5. The van der Waals surface area contributed by atoms with Crippen molar-refractivity contribution in [1.82, 2.24) is 9.80 Å². The monoisotopic (exact) mass is 213 g/mol. The molecule has 0 bridgehead atoms. The Hall–Kier alpha value is -0.610. The highest BCUT2D eigenvalue weighted by Gasteiger charge is 2.27. The third kappa shape index (κ3) is 3.47. The molecule has 0 saturated carbocycles. The van der Waals surface area contributed by atoms with Crippen LogP contribution in [0.25, 0.3) is 0 Å². The Morgan fingerprint density at radius 1 is 1.40 bits per heavy atom. The number of carbonyl (C=O) groups excluding carboxylic acids is 1. The maximum Gasteiger partial charge on any atom is 0.236 e. The van der Waals surface area contributed by atoms with E-state index in [1.54, 1.807) is 0 Å². The SMILES string of the molecule is CCN1CCN(CC(C)(C)CN)C(=O)C1. The number of nitrogens with two attached hydrogens (primary N) is 1. The molecular formula is C11H23N3O. The van der Waals surface area contributed by atoms with E-state index < -0.39 is 0 Å². The van der Waals surface area contributed by atoms with Crippen LogP contribution in [0.5, 0.6) is 0 Å². The van der Waals surface area contributed by atoms with Crippen LogP contribution in [-0.4, -0.2) is 55.0 Å². The van der Waals surface area contributed by atoms with Gasteiger partial charge in [-0.1, -0.05) is 20.8 Å². The number of carbonyl (C=O) groups is 1. The summed E-state index contributed by atoms with van der Waals surface area (Å²) >= 11 is 0. The molecule has 0 aliphatic carbocycles. The molecule has 0 spiro atoms. The second-order valence-corrected chi connectivity index (χ2v) is 5.05. The molecule has 1 amide bonds. The highest BCUT2D eigenvalue weighted by molar-refractivity contribution is 5.79. The van der Waals surface area contributed by atoms with Gasteiger partial charge >= 0.3 is 0 Å². The number of nitrogens with zero attached hydrogens (tertiary/aromatic N) is 2. The molecule has 4 nitrogen and oxygen atoms in total. The summed E-state index contributed by atoms with van der Waals surface area (Å²) < 4.78 is 0. The molecule has 1 fully saturated rings. The third-order valence-electron chi connectivity index (χ3n) is 3.02. The molecule has 1 rings (SSSR count). The van der Waals surface area contributed by atoms with Crippen molar-refractivity contribution < 1.29 is 4.79 Å². The van der Waals surface area contributed by atoms with Crippen molar-refractivity contribution in [2.45, 2.75) is 20.8 Å². The third-order valence-corrected chi connectivity index (χ3v) is 3.02. The van der Waals surface area contributed by atoms with Gasteiger partial charge in [-0.05, 0) is 18.5 Å². The van der Waals surface area contributed by atoms with Gasteiger partial charge in [0.15, 0.2) is 0 Å². The van der Waals surface area contributed by atoms with Crippen molar-refractivity contribution in [2.75, 3.05) is 39.3 Å². The number of likely N-dealkylation sites (N-methyl/N-ethyl adjacent to an activating group) is 1. The van der Waals surface area contributed by atoms with Gasteiger partial charge in [0.25, 0.3) is 0 Å². The number of hydrogen-bond donors (Lipinski definition) is 1. The van der Waals surface area contributed by atoms with E-state index >= 15 is 0 Å². The Labute approximate surface area is 92.4 Å². The van der Waals surface area contributed by atoms with Crippen LogP contribution in [0.15, 0.2) is 0 Å². The van der Waals surface area contributed by atoms with Crippen LogP contribution >= 0.6 is 0 Å². The molecule has 1 saturated heterocycles. The summed E-state index contributed by atoms with van der Waals surface area (Å²) in [6.45, 7) is 11.1. The lowest BCUT2D eigenvalue weighted by Crippen LogP contribution is -2.53. The molecule has 4 heteroatoms. The molecule has 1 heterocycles. The summed E-state index contributed by atoms with van der Waals surface area (Å²) in [4.78, 5) is 15.9. The largest absolute Gasteiger partial charge is 0.340 e. The minimum absolute atomic E-state index is 0.0318. The molecule has 1 aliphatic rings. The Morgan fingerprint density at radius 3 is 2.53 bits per heavy atom. The second kappa shape index (κ2) is 4.94. The first-order valence-electron chi connectivity index (χ1n) is 5.68. The molecule has 88 valence electrons. The van der Waals surface area contributed by atoms with E-state index in [2.05, 4.69) is 25.7 Å². The Bertz CT molecular complexity index is 228. The van der Waals surface area contributed by atoms with Crippen molar-refractivity contribution in [3.8, 4) is 0 Å². The fraction of sp³-hybridized carbons (Fsp3) is 0.909. The van der Waals surface area contributed by atoms with Gasteiger partial charge in [0.2, 0.25) is 5.91 Å². The highest BCUT2D eigenvalue weighted by atomic mass is 16.2. The quantitative estimate of drug-likeness (QED) is 0.722. The zero-order valence-electron chi connectivity index (χ0n) is 10.1. The topological polar surface area (TPSA) is 49.6 Å². The van der Waals surface area contributed by atoms with E-state index in [0.717, 1.165) is 26.2 Å². The number of hydrogen-bond acceptors (Lipinski definition) is 3. The van der Waals surface area contributed by atoms with Crippen LogP contribution in [0.1, 0.15) is 20.8 Å². The van der Waals surface area contributed by atoms with Crippen molar-refractivity contribution in [2.24, 2.45) is 11.1 Å². The van der Waals surface area contributed by atoms with E-state index in [4.69, 9.17) is 5.73 Å². The van der Waals surface area contributed by atoms with Crippen LogP contribution in [0.3, 0.4) is 0 Å². The number of amides is 1. The average Bonchev–Trinajstić information content (AvgIpc) is 2.21. The second-order valence-electron chi connectivity index (χ2n) is 5.05. The predicted molar refractivity (Wildman–Crippen MR) is 61.5 cm³/mol. The van der Waals surface area contributed by atoms with Crippen molar-refractivity contribution in [3.63, 3.8) is 0 Å². The first-order chi connectivity index (χ1) is 6.98. The standard InChI is InChI=1S/C11H23N3O/c1-4-13-5-6-14(10(15)7-13)9-11(2,3)8-12/h4-9,12H2,1-3H3. The van der Waals surface area contributed by atoms with Gasteiger partial charge in [-0.25, -0.2) is 0 Å². The Morgan fingerprint density at radius 2 is 2.07 bits per heavy atom. The van der Waals surface area contributed by atoms with Gasteiger partial charge in [0.05, 0.1) is 6.54 Å². The van der Waals surface area contributed by atoms with Gasteiger partial charge in [0, 0.05) is 19.6 Å². The molecular weight excluding hydrogens is 190 g/mol. The summed E-state index contributed by atoms with van der Waals surface area (Å²) in [5.74, 6) is 0.240. The van der Waals surface area contributed by atoms with Gasteiger partial charge in [-0.2, -0.15) is 0 Å². The van der Waals surface area contributed by atoms with Crippen LogP contribution < -0.4 is 5.73 Å². The van der Waals surface area contributed by atoms with Crippen molar-refractivity contribution in [1.29, 1.82) is 0 Å². The lowest BCUT2D eigenvalue weighted by Gasteiger charge is -2.38. The molecule has 15 heavy (non-hydrogen) atoms. The fourth-order valence-electron chi connectivity index (χ4n) is 1.78. The average molecular weight is 213 g/mol. The fourth-order valence-corrected chi connectivity index (χ4v) is 1.78. The number of piperazine rings is 1. The lowest BCUT2D eigenvalue weighted by molar-refractivity contribution is -0.137. The molecule has 0 aromatic carbocycles. The molecule has 0 unspecified atom stereocenters. The molecule has 0 atom stereocenters. The summed E-state index contributed by atoms with van der Waals surface area (Å²) in [6.07, 6.45) is 0. The van der Waals surface area contributed by atoms with E-state index in [0.29, 0.717) is 13.1 Å². The van der Waals surface area contributed by atoms with E-state index in [1.165, 1.54) is 0 Å². The van der Waals surface area contributed by atoms with Crippen LogP contribution in [0.2, 0.25) is 0 Å². The molecule has 0 radical (unpaired) electrons. The van der Waals surface area contributed by atoms with Crippen LogP contribution in [-0.2, 0) is 4.79 Å². The van der Waals surface area contributed by atoms with E-state index in [-0.39, 0.29) is 11.3 Å². The van der Waals surface area contributed by atoms with Crippen LogP contribution in [0, 0.1) is 5.41 Å². The minimum Gasteiger partial charge on any atom is -0.340 e. The Kier molecular flexibility index (Phi) is 4.11. The Balaban J connectivity index is 2.48. The van der Waals surface area contributed by atoms with Gasteiger partial charge in [-0.3, -0.25) is 9.69 Å². The van der Waals surface area contributed by atoms with Gasteiger partial charge in [0.1, 0.15) is 0 Å². The van der Waals surface area contributed by atoms with Crippen molar-refractivity contribution in [3.05, 3.63) is 0 Å². The molecule has 2 N–H and O–H groups in total. The van der Waals surface area contributed by atoms with Gasteiger partial charge in [-0.15, -0.1) is 0 Å². The normalized spacial score (nSPS) is 19.7. The zero-order valence-corrected chi connectivity index (χ0v) is 10.1. The highest BCUT2D eigenvalue weighted by Crippen LogP contribution is 2.16. The van der Waals surface area contributed by atoms with Crippen molar-refractivity contribution >= 4 is 5.91 Å². The maximum absolute atomic E-state index is 11.8. The van der Waals surface area contributed by atoms with Gasteiger partial charge < -0.3 is 10.6 Å². The summed E-state index contributed by atoms with van der Waals surface area (Å²) in [6, 6.07) is 0. The van der Waals surface area contributed by atoms with Crippen LogP contribution in [0.4, 0.5) is 0 Å². The smallest absolute Gasteiger partial charge is 0.236 e. The lowest BCUT2D eigenvalue weighted by atomic mass is 9.93. The summed E-state index contributed by atoms with van der Waals surface area (Å²) in [5, 5.41) is 0. The minimum atomic E-state index is 0.0318. The first-order valence-corrected chi connectivity index (χ1v) is 5.68. The molecule has 0 aromatic heterocycles. The molecule has 1 aliphatic heterocycles. The summed E-state index contributed by atoms with van der Waals surface area (Å²) in [5.41, 5.74) is 5.71. The number of rotatable bonds is 4. The van der Waals surface area contributed by atoms with E-state index in [1.807, 2.05) is 4.90 Å². The zero-order chi connectivity index (χ0) is 11.5. The van der Waals surface area contributed by atoms with E-state index in [9.17, 15) is 4.79 Å². The molecule has 0 aromatic rings. The summed E-state index contributed by atoms with van der Waals surface area (Å²) in [7, 11) is 0. The predicted octanol–water partition coefficient (Wildman–Crippen LogP) is 0.135.